The second-order valence-electron chi connectivity index (χ2n) is 6.71. The number of alkyl halides is 3. The minimum atomic E-state index is -4.52. The van der Waals surface area contributed by atoms with Gasteiger partial charge in [0.1, 0.15) is 0 Å². The van der Waals surface area contributed by atoms with E-state index in [0.29, 0.717) is 0 Å². The maximum absolute atomic E-state index is 13.2. The Hall–Kier alpha value is -3.16. The lowest BCUT2D eigenvalue weighted by Crippen LogP contribution is -2.39. The topological polar surface area (TPSA) is 57.7 Å². The first kappa shape index (κ1) is 20.6. The van der Waals surface area contributed by atoms with Gasteiger partial charge in [0.25, 0.3) is 5.91 Å². The molecule has 3 rings (SSSR count). The number of ketones is 1. The van der Waals surface area contributed by atoms with E-state index in [0.717, 1.165) is 6.07 Å². The van der Waals surface area contributed by atoms with Crippen molar-refractivity contribution in [3.63, 3.8) is 0 Å². The van der Waals surface area contributed by atoms with E-state index >= 15 is 0 Å². The number of benzene rings is 2. The summed E-state index contributed by atoms with van der Waals surface area (Å²) >= 11 is 0. The molecule has 2 amide bonds. The average Bonchev–Trinajstić information content (AvgIpc) is 2.89. The Morgan fingerprint density at radius 1 is 0.897 bits per heavy atom. The SMILES string of the molecule is O=C(C(=O)N1CCC(=O)N(Cc2ccccc2C(F)(F)F)CC1)c1ccccc1. The van der Waals surface area contributed by atoms with Crippen LogP contribution in [0.25, 0.3) is 0 Å². The summed E-state index contributed by atoms with van der Waals surface area (Å²) in [6.45, 7) is -0.0208. The number of amides is 2. The molecule has 0 unspecified atom stereocenters. The Balaban J connectivity index is 1.71. The number of rotatable bonds is 4. The zero-order valence-corrected chi connectivity index (χ0v) is 15.5. The van der Waals surface area contributed by atoms with E-state index in [9.17, 15) is 27.6 Å². The van der Waals surface area contributed by atoms with Gasteiger partial charge in [-0.15, -0.1) is 0 Å². The second-order valence-corrected chi connectivity index (χ2v) is 6.71. The smallest absolute Gasteiger partial charge is 0.337 e. The van der Waals surface area contributed by atoms with E-state index in [-0.39, 0.29) is 49.6 Å². The Bertz CT molecular complexity index is 913. The van der Waals surface area contributed by atoms with Crippen LogP contribution in [-0.2, 0) is 22.3 Å². The summed E-state index contributed by atoms with van der Waals surface area (Å²) in [5.41, 5.74) is -0.540. The Morgan fingerprint density at radius 3 is 2.24 bits per heavy atom. The molecule has 1 heterocycles. The van der Waals surface area contributed by atoms with Gasteiger partial charge in [-0.2, -0.15) is 13.2 Å². The molecule has 0 saturated carbocycles. The molecule has 0 radical (unpaired) electrons. The summed E-state index contributed by atoms with van der Waals surface area (Å²) in [6, 6.07) is 13.2. The van der Waals surface area contributed by atoms with Gasteiger partial charge in [-0.3, -0.25) is 14.4 Å². The minimum absolute atomic E-state index is 0.00603. The third-order valence-corrected chi connectivity index (χ3v) is 4.79. The maximum Gasteiger partial charge on any atom is 0.416 e. The molecule has 0 N–H and O–H groups in total. The molecule has 1 aliphatic heterocycles. The van der Waals surface area contributed by atoms with Crippen LogP contribution >= 0.6 is 0 Å². The van der Waals surface area contributed by atoms with Gasteiger partial charge in [-0.05, 0) is 11.6 Å². The normalized spacial score (nSPS) is 15.2. The molecule has 0 aromatic heterocycles. The van der Waals surface area contributed by atoms with Crippen LogP contribution in [0.1, 0.15) is 27.9 Å². The van der Waals surface area contributed by atoms with Crippen molar-refractivity contribution in [2.45, 2.75) is 19.1 Å². The van der Waals surface area contributed by atoms with Crippen LogP contribution in [-0.4, -0.2) is 47.0 Å². The van der Waals surface area contributed by atoms with E-state index < -0.39 is 23.4 Å². The average molecular weight is 404 g/mol. The summed E-state index contributed by atoms with van der Waals surface area (Å²) < 4.78 is 39.6. The summed E-state index contributed by atoms with van der Waals surface area (Å²) in [7, 11) is 0. The third kappa shape index (κ3) is 4.82. The highest BCUT2D eigenvalue weighted by molar-refractivity contribution is 6.42. The molecule has 29 heavy (non-hydrogen) atoms. The molecule has 152 valence electrons. The molecule has 0 atom stereocenters. The highest BCUT2D eigenvalue weighted by Gasteiger charge is 2.34. The largest absolute Gasteiger partial charge is 0.416 e. The standard InChI is InChI=1S/C21H19F3N2O3/c22-21(23,24)17-9-5-4-8-16(17)14-26-13-12-25(11-10-18(26)27)20(29)19(28)15-6-2-1-3-7-15/h1-9H,10-14H2. The fourth-order valence-corrected chi connectivity index (χ4v) is 3.23. The number of Topliss-reactive ketones (excluding diaryl/α,β-unsaturated/α-hetero) is 1. The van der Waals surface area contributed by atoms with Crippen LogP contribution in [0, 0.1) is 0 Å². The first-order valence-corrected chi connectivity index (χ1v) is 9.09. The van der Waals surface area contributed by atoms with Crippen LogP contribution in [0.4, 0.5) is 13.2 Å². The van der Waals surface area contributed by atoms with Crippen molar-refractivity contribution in [2.24, 2.45) is 0 Å². The molecular formula is C21H19F3N2O3. The van der Waals surface area contributed by atoms with Gasteiger partial charge in [0, 0.05) is 38.2 Å². The molecule has 1 saturated heterocycles. The van der Waals surface area contributed by atoms with Crippen molar-refractivity contribution in [3.8, 4) is 0 Å². The van der Waals surface area contributed by atoms with Gasteiger partial charge in [-0.25, -0.2) is 0 Å². The quantitative estimate of drug-likeness (QED) is 0.581. The molecule has 1 aliphatic rings. The van der Waals surface area contributed by atoms with Crippen LogP contribution in [0.5, 0.6) is 0 Å². The summed E-state index contributed by atoms with van der Waals surface area (Å²) in [4.78, 5) is 39.8. The van der Waals surface area contributed by atoms with Crippen molar-refractivity contribution in [1.82, 2.24) is 9.80 Å². The summed E-state index contributed by atoms with van der Waals surface area (Å²) in [5.74, 6) is -1.75. The number of hydrogen-bond donors (Lipinski definition) is 0. The van der Waals surface area contributed by atoms with Gasteiger partial charge in [-0.1, -0.05) is 48.5 Å². The second kappa shape index (κ2) is 8.46. The zero-order chi connectivity index (χ0) is 21.0. The van der Waals surface area contributed by atoms with Crippen molar-refractivity contribution >= 4 is 17.6 Å². The van der Waals surface area contributed by atoms with Crippen molar-refractivity contribution in [3.05, 3.63) is 71.3 Å². The third-order valence-electron chi connectivity index (χ3n) is 4.79. The van der Waals surface area contributed by atoms with Gasteiger partial charge in [0.15, 0.2) is 0 Å². The van der Waals surface area contributed by atoms with Crippen molar-refractivity contribution < 1.29 is 27.6 Å². The number of carbonyl (C=O) groups excluding carboxylic acids is 3. The Kier molecular flexibility index (Phi) is 6.00. The first-order valence-electron chi connectivity index (χ1n) is 9.09. The highest BCUT2D eigenvalue weighted by Crippen LogP contribution is 2.32. The fraction of sp³-hybridized carbons (Fsp3) is 0.286. The molecule has 1 fully saturated rings. The van der Waals surface area contributed by atoms with E-state index in [1.807, 2.05) is 0 Å². The first-order chi connectivity index (χ1) is 13.8. The van der Waals surface area contributed by atoms with Crippen LogP contribution < -0.4 is 0 Å². The van der Waals surface area contributed by atoms with E-state index in [2.05, 4.69) is 0 Å². The lowest BCUT2D eigenvalue weighted by Gasteiger charge is -2.23. The van der Waals surface area contributed by atoms with E-state index in [1.165, 1.54) is 40.1 Å². The Morgan fingerprint density at radius 2 is 1.55 bits per heavy atom. The molecule has 2 aromatic rings. The molecule has 0 bridgehead atoms. The predicted molar refractivity (Wildman–Crippen MR) is 98.8 cm³/mol. The molecular weight excluding hydrogens is 385 g/mol. The highest BCUT2D eigenvalue weighted by atomic mass is 19.4. The fourth-order valence-electron chi connectivity index (χ4n) is 3.23. The van der Waals surface area contributed by atoms with Crippen molar-refractivity contribution in [1.29, 1.82) is 0 Å². The van der Waals surface area contributed by atoms with E-state index in [1.54, 1.807) is 18.2 Å². The maximum atomic E-state index is 13.2. The van der Waals surface area contributed by atoms with Crippen LogP contribution in [0.3, 0.4) is 0 Å². The lowest BCUT2D eigenvalue weighted by molar-refractivity contribution is -0.139. The predicted octanol–water partition coefficient (Wildman–Crippen LogP) is 3.15. The van der Waals surface area contributed by atoms with Gasteiger partial charge < -0.3 is 9.80 Å². The van der Waals surface area contributed by atoms with Crippen LogP contribution in [0.15, 0.2) is 54.6 Å². The number of nitrogens with zero attached hydrogens (tertiary/aromatic N) is 2. The molecule has 0 aliphatic carbocycles. The lowest BCUT2D eigenvalue weighted by atomic mass is 10.1. The molecule has 8 heteroatoms. The van der Waals surface area contributed by atoms with Crippen molar-refractivity contribution in [2.75, 3.05) is 19.6 Å². The summed E-state index contributed by atoms with van der Waals surface area (Å²) in [6.07, 6.45) is -4.57. The van der Waals surface area contributed by atoms with Crippen LogP contribution in [0.2, 0.25) is 0 Å². The zero-order valence-electron chi connectivity index (χ0n) is 15.5. The summed E-state index contributed by atoms with van der Waals surface area (Å²) in [5, 5.41) is 0. The molecule has 5 nitrogen and oxygen atoms in total. The number of carbonyl (C=O) groups is 3. The van der Waals surface area contributed by atoms with Gasteiger partial charge in [0.2, 0.25) is 11.7 Å². The van der Waals surface area contributed by atoms with Gasteiger partial charge in [0.05, 0.1) is 5.56 Å². The monoisotopic (exact) mass is 404 g/mol. The number of hydrogen-bond acceptors (Lipinski definition) is 3. The Labute approximate surface area is 165 Å². The molecule has 0 spiro atoms. The molecule has 2 aromatic carbocycles. The number of halogens is 3. The van der Waals surface area contributed by atoms with Gasteiger partial charge >= 0.3 is 6.18 Å². The minimum Gasteiger partial charge on any atom is -0.337 e. The van der Waals surface area contributed by atoms with E-state index in [4.69, 9.17) is 0 Å².